The van der Waals surface area contributed by atoms with E-state index in [1.54, 1.807) is 5.57 Å². The van der Waals surface area contributed by atoms with Crippen molar-refractivity contribution >= 4 is 23.8 Å². The molecule has 0 bridgehead atoms. The van der Waals surface area contributed by atoms with Gasteiger partial charge < -0.3 is 0 Å². The molecule has 1 aliphatic rings. The number of rotatable bonds is 2. The molecule has 0 aliphatic heterocycles. The van der Waals surface area contributed by atoms with Gasteiger partial charge in [0.15, 0.2) is 0 Å². The van der Waals surface area contributed by atoms with Gasteiger partial charge in [-0.1, -0.05) is 0 Å². The summed E-state index contributed by atoms with van der Waals surface area (Å²) < 4.78 is 0.547. The second-order valence-corrected chi connectivity index (χ2v) is 6.71. The first kappa shape index (κ1) is 14.7. The molecule has 3 rings (SSSR count). The summed E-state index contributed by atoms with van der Waals surface area (Å²) in [6.07, 6.45) is 2.43. The summed E-state index contributed by atoms with van der Waals surface area (Å²) in [5.74, 6) is 0.611. The van der Waals surface area contributed by atoms with Crippen LogP contribution in [-0.2, 0) is 0 Å². The third-order valence-corrected chi connectivity index (χ3v) is 4.62. The van der Waals surface area contributed by atoms with Gasteiger partial charge in [0.25, 0.3) is 0 Å². The van der Waals surface area contributed by atoms with Crippen molar-refractivity contribution in [2.75, 3.05) is 0 Å². The molecule has 1 atom stereocenters. The SMILES string of the molecule is [Li][CH]1C(C(C)C)=Cc2c(-c3cc(C)cc(C)c3)cccc21. The Kier molecular flexibility index (Phi) is 3.87. The molecule has 0 saturated heterocycles. The standard InChI is InChI=1S/C20H21.Li/c1-13(2)17-11-16-6-5-7-19(20(16)12-17)18-9-14(3)8-15(4)10-18;/h5-13H,1-4H3;. The predicted octanol–water partition coefficient (Wildman–Crippen LogP) is 5.23. The van der Waals surface area contributed by atoms with Gasteiger partial charge in [0.1, 0.15) is 0 Å². The summed E-state index contributed by atoms with van der Waals surface area (Å²) in [6, 6.07) is 13.6. The molecule has 0 heterocycles. The predicted molar refractivity (Wildman–Crippen MR) is 92.7 cm³/mol. The Bertz CT molecular complexity index is 702. The fourth-order valence-electron chi connectivity index (χ4n) is 3.64. The summed E-state index contributed by atoms with van der Waals surface area (Å²) >= 11 is 2.34. The van der Waals surface area contributed by atoms with Crippen molar-refractivity contribution in [2.24, 2.45) is 5.92 Å². The van der Waals surface area contributed by atoms with Crippen LogP contribution in [0.25, 0.3) is 17.2 Å². The Labute approximate surface area is 137 Å². The molecule has 1 heteroatoms. The van der Waals surface area contributed by atoms with E-state index in [1.165, 1.54) is 33.4 Å². The zero-order valence-electron chi connectivity index (χ0n) is 13.7. The zero-order chi connectivity index (χ0) is 15.1. The molecule has 2 aromatic rings. The molecule has 0 fully saturated rings. The first-order valence-corrected chi connectivity index (χ1v) is 7.90. The van der Waals surface area contributed by atoms with E-state index < -0.39 is 0 Å². The number of allylic oxidation sites excluding steroid dienone is 1. The Morgan fingerprint density at radius 3 is 2.29 bits per heavy atom. The molecule has 0 aromatic heterocycles. The summed E-state index contributed by atoms with van der Waals surface area (Å²) in [4.78, 5) is 0. The van der Waals surface area contributed by atoms with E-state index in [1.807, 2.05) is 0 Å². The fourth-order valence-corrected chi connectivity index (χ4v) is 3.64. The van der Waals surface area contributed by atoms with Gasteiger partial charge in [-0.25, -0.2) is 0 Å². The minimum atomic E-state index is 0.547. The Balaban J connectivity index is 2.19. The van der Waals surface area contributed by atoms with E-state index in [0.29, 0.717) is 10.5 Å². The van der Waals surface area contributed by atoms with Crippen LogP contribution in [0.5, 0.6) is 0 Å². The zero-order valence-corrected chi connectivity index (χ0v) is 13.7. The quantitative estimate of drug-likeness (QED) is 0.654. The molecule has 1 unspecified atom stereocenters. The third-order valence-electron chi connectivity index (χ3n) is 4.62. The average Bonchev–Trinajstić information content (AvgIpc) is 2.75. The molecule has 1 aliphatic carbocycles. The molecular weight excluding hydrogens is 247 g/mol. The fraction of sp³-hybridized carbons (Fsp3) is 0.300. The van der Waals surface area contributed by atoms with Gasteiger partial charge in [-0.15, -0.1) is 0 Å². The van der Waals surface area contributed by atoms with Gasteiger partial charge in [-0.2, -0.15) is 0 Å². The van der Waals surface area contributed by atoms with E-state index in [0.717, 1.165) is 0 Å². The normalized spacial score (nSPS) is 17.1. The van der Waals surface area contributed by atoms with Crippen molar-refractivity contribution < 1.29 is 0 Å². The van der Waals surface area contributed by atoms with Crippen LogP contribution in [0.1, 0.15) is 40.7 Å². The summed E-state index contributed by atoms with van der Waals surface area (Å²) in [7, 11) is 0. The Morgan fingerprint density at radius 2 is 1.67 bits per heavy atom. The van der Waals surface area contributed by atoms with Gasteiger partial charge in [0, 0.05) is 0 Å². The van der Waals surface area contributed by atoms with Gasteiger partial charge in [0.2, 0.25) is 0 Å². The van der Waals surface area contributed by atoms with E-state index in [-0.39, 0.29) is 0 Å². The van der Waals surface area contributed by atoms with E-state index in [2.05, 4.69) is 87.9 Å². The molecule has 21 heavy (non-hydrogen) atoms. The van der Waals surface area contributed by atoms with Crippen LogP contribution >= 0.6 is 0 Å². The van der Waals surface area contributed by atoms with Crippen molar-refractivity contribution in [1.82, 2.24) is 0 Å². The second-order valence-electron chi connectivity index (χ2n) is 6.71. The molecule has 102 valence electrons. The van der Waals surface area contributed by atoms with Crippen molar-refractivity contribution in [3.63, 3.8) is 0 Å². The van der Waals surface area contributed by atoms with Crippen LogP contribution < -0.4 is 0 Å². The molecule has 0 saturated carbocycles. The van der Waals surface area contributed by atoms with Crippen molar-refractivity contribution in [3.05, 3.63) is 64.2 Å². The summed E-state index contributed by atoms with van der Waals surface area (Å²) in [6.45, 7) is 8.95. The molecule has 2 aromatic carbocycles. The van der Waals surface area contributed by atoms with E-state index >= 15 is 0 Å². The maximum absolute atomic E-state index is 2.43. The Morgan fingerprint density at radius 1 is 1.00 bits per heavy atom. The minimum absolute atomic E-state index is 0.547. The molecule has 0 nitrogen and oxygen atoms in total. The van der Waals surface area contributed by atoms with Gasteiger partial charge in [-0.3, -0.25) is 0 Å². The molecule has 0 spiro atoms. The topological polar surface area (TPSA) is 0 Å². The number of fused-ring (bicyclic) bond motifs is 1. The van der Waals surface area contributed by atoms with Crippen molar-refractivity contribution in [2.45, 2.75) is 32.3 Å². The van der Waals surface area contributed by atoms with Crippen LogP contribution in [0.3, 0.4) is 0 Å². The maximum atomic E-state index is 2.43. The van der Waals surface area contributed by atoms with Crippen LogP contribution in [0.2, 0.25) is 0 Å². The van der Waals surface area contributed by atoms with Crippen molar-refractivity contribution in [3.8, 4) is 11.1 Å². The summed E-state index contributed by atoms with van der Waals surface area (Å²) in [5.41, 5.74) is 9.86. The van der Waals surface area contributed by atoms with Crippen LogP contribution in [0.15, 0.2) is 42.0 Å². The Hall–Kier alpha value is -1.22. The van der Waals surface area contributed by atoms with E-state index in [9.17, 15) is 0 Å². The third kappa shape index (κ3) is 2.64. The van der Waals surface area contributed by atoms with Crippen LogP contribution in [0, 0.1) is 19.8 Å². The molecule has 0 amide bonds. The number of aryl methyl sites for hydroxylation is 2. The van der Waals surface area contributed by atoms with Gasteiger partial charge >= 0.3 is 137 Å². The van der Waals surface area contributed by atoms with Crippen LogP contribution in [-0.4, -0.2) is 17.7 Å². The monoisotopic (exact) mass is 268 g/mol. The van der Waals surface area contributed by atoms with E-state index in [4.69, 9.17) is 0 Å². The molecule has 0 radical (unpaired) electrons. The molecule has 0 N–H and O–H groups in total. The number of hydrogen-bond donors (Lipinski definition) is 0. The number of hydrogen-bond acceptors (Lipinski definition) is 0. The molecular formula is C20H21Li. The number of benzene rings is 2. The summed E-state index contributed by atoms with van der Waals surface area (Å²) in [5, 5.41) is 0. The van der Waals surface area contributed by atoms with Crippen LogP contribution in [0.4, 0.5) is 0 Å². The second kappa shape index (κ2) is 5.52. The first-order chi connectivity index (χ1) is 9.97. The van der Waals surface area contributed by atoms with Crippen molar-refractivity contribution in [1.29, 1.82) is 0 Å². The first-order valence-electron chi connectivity index (χ1n) is 7.90. The average molecular weight is 268 g/mol. The van der Waals surface area contributed by atoms with Gasteiger partial charge in [-0.05, 0) is 0 Å². The van der Waals surface area contributed by atoms with Gasteiger partial charge in [0.05, 0.1) is 0 Å².